The molecule has 0 aliphatic carbocycles. The summed E-state index contributed by atoms with van der Waals surface area (Å²) in [6.07, 6.45) is 8.23. The minimum atomic E-state index is -0.101. The fourth-order valence-corrected chi connectivity index (χ4v) is 6.34. The van der Waals surface area contributed by atoms with Gasteiger partial charge in [-0.05, 0) is 24.3 Å². The normalized spacial score (nSPS) is 11.8. The van der Waals surface area contributed by atoms with E-state index in [-0.39, 0.29) is 17.1 Å². The molecule has 38 heavy (non-hydrogen) atoms. The smallest absolute Gasteiger partial charge is 0.248 e. The molecule has 4 heterocycles. The van der Waals surface area contributed by atoms with E-state index in [1.54, 1.807) is 46.7 Å². The number of aromatic nitrogens is 4. The quantitative estimate of drug-likeness (QED) is 0.134. The Bertz CT molecular complexity index is 1350. The highest BCUT2D eigenvalue weighted by atomic mass is 32.2. The van der Waals surface area contributed by atoms with E-state index in [9.17, 15) is 9.59 Å². The van der Waals surface area contributed by atoms with Crippen molar-refractivity contribution < 1.29 is 14.0 Å². The van der Waals surface area contributed by atoms with Crippen LogP contribution in [-0.4, -0.2) is 31.4 Å². The largest absolute Gasteiger partial charge is 0.444 e. The van der Waals surface area contributed by atoms with E-state index in [2.05, 4.69) is 35.8 Å². The van der Waals surface area contributed by atoms with Crippen LogP contribution in [0.15, 0.2) is 44.6 Å². The van der Waals surface area contributed by atoms with Crippen LogP contribution in [0, 0.1) is 0 Å². The average molecular weight is 572 g/mol. The van der Waals surface area contributed by atoms with Crippen molar-refractivity contribution in [1.29, 1.82) is 0 Å². The van der Waals surface area contributed by atoms with Gasteiger partial charge in [0, 0.05) is 24.3 Å². The molecule has 202 valence electrons. The van der Waals surface area contributed by atoms with Crippen LogP contribution in [0.2, 0.25) is 0 Å². The number of oxazole rings is 1. The van der Waals surface area contributed by atoms with E-state index in [1.807, 2.05) is 23.7 Å². The molecule has 0 aliphatic heterocycles. The number of rotatable bonds is 13. The van der Waals surface area contributed by atoms with Gasteiger partial charge in [0.05, 0.1) is 33.7 Å². The Kier molecular flexibility index (Phi) is 9.56. The molecule has 0 saturated carbocycles. The lowest BCUT2D eigenvalue weighted by atomic mass is 9.94. The number of ketones is 1. The number of anilines is 1. The molecule has 4 aromatic heterocycles. The summed E-state index contributed by atoms with van der Waals surface area (Å²) in [5.41, 5.74) is 6.65. The van der Waals surface area contributed by atoms with Crippen molar-refractivity contribution in [2.45, 2.75) is 81.1 Å². The second-order valence-electron chi connectivity index (χ2n) is 10.1. The highest BCUT2D eigenvalue weighted by Crippen LogP contribution is 2.30. The van der Waals surface area contributed by atoms with E-state index in [1.165, 1.54) is 4.68 Å². The van der Waals surface area contributed by atoms with Gasteiger partial charge in [0.15, 0.2) is 0 Å². The Morgan fingerprint density at radius 3 is 2.61 bits per heavy atom. The van der Waals surface area contributed by atoms with Gasteiger partial charge in [-0.15, -0.1) is 34.4 Å². The fourth-order valence-electron chi connectivity index (χ4n) is 3.75. The van der Waals surface area contributed by atoms with Crippen LogP contribution in [-0.2, 0) is 22.4 Å². The third-order valence-electron chi connectivity index (χ3n) is 5.85. The van der Waals surface area contributed by atoms with Crippen LogP contribution in [0.5, 0.6) is 0 Å². The standard InChI is InChI=1S/C27H33N5O3S3/c1-27(2,3)21-15-29-23(35-21)17-37-26-16-30-24(38-26)13-18(33)9-6-4-5-7-11-25(34)32-22(28)14-19(31-32)20-10-8-12-36-20/h8,10,12,14-16H,4-7,9,11,13,17,28H2,1-3H3. The monoisotopic (exact) mass is 571 g/mol. The van der Waals surface area contributed by atoms with Gasteiger partial charge in [-0.25, -0.2) is 9.97 Å². The van der Waals surface area contributed by atoms with Gasteiger partial charge in [-0.1, -0.05) is 39.7 Å². The summed E-state index contributed by atoms with van der Waals surface area (Å²) >= 11 is 4.73. The van der Waals surface area contributed by atoms with E-state index >= 15 is 0 Å². The SMILES string of the molecule is CC(C)(C)c1cnc(CSc2cnc(CC(=O)CCCCCCC(=O)n3nc(-c4cccs4)cc3N)s2)o1. The first-order chi connectivity index (χ1) is 18.2. The van der Waals surface area contributed by atoms with Crippen molar-refractivity contribution in [3.8, 4) is 10.6 Å². The maximum atomic E-state index is 12.5. The highest BCUT2D eigenvalue weighted by Gasteiger charge is 2.19. The summed E-state index contributed by atoms with van der Waals surface area (Å²) < 4.78 is 8.19. The highest BCUT2D eigenvalue weighted by molar-refractivity contribution is 8.00. The van der Waals surface area contributed by atoms with Gasteiger partial charge in [0.1, 0.15) is 28.1 Å². The number of nitrogens with zero attached hydrogens (tertiary/aromatic N) is 4. The Hall–Kier alpha value is -2.76. The van der Waals surface area contributed by atoms with Crippen molar-refractivity contribution in [1.82, 2.24) is 19.7 Å². The Balaban J connectivity index is 1.10. The second kappa shape index (κ2) is 12.9. The number of carbonyl (C=O) groups is 2. The van der Waals surface area contributed by atoms with Gasteiger partial charge in [-0.3, -0.25) is 9.59 Å². The molecule has 11 heteroatoms. The zero-order chi connectivity index (χ0) is 27.1. The number of hydrogen-bond acceptors (Lipinski definition) is 10. The first-order valence-corrected chi connectivity index (χ1v) is 15.3. The molecule has 0 bridgehead atoms. The number of thioether (sulfide) groups is 1. The molecule has 0 aromatic carbocycles. The topological polar surface area (TPSA) is 117 Å². The summed E-state index contributed by atoms with van der Waals surface area (Å²) in [6, 6.07) is 5.63. The zero-order valence-corrected chi connectivity index (χ0v) is 24.4. The van der Waals surface area contributed by atoms with Crippen molar-refractivity contribution in [2.24, 2.45) is 0 Å². The lowest BCUT2D eigenvalue weighted by molar-refractivity contribution is -0.118. The molecule has 0 unspecified atom stereocenters. The molecule has 4 aromatic rings. The number of nitrogen functional groups attached to an aromatic ring is 1. The number of carbonyl (C=O) groups excluding carboxylic acids is 2. The van der Waals surface area contributed by atoms with Crippen LogP contribution >= 0.6 is 34.4 Å². The predicted molar refractivity (Wildman–Crippen MR) is 154 cm³/mol. The van der Waals surface area contributed by atoms with E-state index < -0.39 is 0 Å². The Morgan fingerprint density at radius 1 is 1.11 bits per heavy atom. The molecule has 0 amide bonds. The zero-order valence-electron chi connectivity index (χ0n) is 21.9. The summed E-state index contributed by atoms with van der Waals surface area (Å²) in [5.74, 6) is 2.66. The van der Waals surface area contributed by atoms with E-state index in [0.29, 0.717) is 36.7 Å². The maximum Gasteiger partial charge on any atom is 0.248 e. The predicted octanol–water partition coefficient (Wildman–Crippen LogP) is 7.02. The number of thiophene rings is 1. The average Bonchev–Trinajstić information content (AvgIpc) is 3.66. The van der Waals surface area contributed by atoms with Crippen molar-refractivity contribution >= 4 is 51.9 Å². The Morgan fingerprint density at radius 2 is 1.89 bits per heavy atom. The molecular weight excluding hydrogens is 539 g/mol. The maximum absolute atomic E-state index is 12.5. The van der Waals surface area contributed by atoms with Gasteiger partial charge in [0.2, 0.25) is 11.8 Å². The minimum Gasteiger partial charge on any atom is -0.444 e. The van der Waals surface area contributed by atoms with Crippen molar-refractivity contribution in [3.05, 3.63) is 52.6 Å². The molecular formula is C27H33N5O3S3. The molecule has 8 nitrogen and oxygen atoms in total. The van der Waals surface area contributed by atoms with Crippen molar-refractivity contribution in [3.63, 3.8) is 0 Å². The molecule has 4 rings (SSSR count). The number of hydrogen-bond donors (Lipinski definition) is 1. The number of nitrogens with two attached hydrogens (primary N) is 1. The summed E-state index contributed by atoms with van der Waals surface area (Å²) in [4.78, 5) is 34.7. The number of unbranched alkanes of at least 4 members (excludes halogenated alkanes) is 3. The Labute approximate surface area is 235 Å². The summed E-state index contributed by atoms with van der Waals surface area (Å²) in [7, 11) is 0. The molecule has 0 aliphatic rings. The van der Waals surface area contributed by atoms with Crippen molar-refractivity contribution in [2.75, 3.05) is 5.73 Å². The van der Waals surface area contributed by atoms with E-state index in [4.69, 9.17) is 10.2 Å². The molecule has 0 radical (unpaired) electrons. The van der Waals surface area contributed by atoms with Gasteiger partial charge in [-0.2, -0.15) is 9.78 Å². The van der Waals surface area contributed by atoms with Gasteiger partial charge < -0.3 is 10.2 Å². The number of Topliss-reactive ketones (excluding diaryl/α,β-unsaturated/α-hetero) is 1. The second-order valence-corrected chi connectivity index (χ2v) is 13.4. The third-order valence-corrected chi connectivity index (χ3v) is 8.92. The first kappa shape index (κ1) is 28.3. The molecule has 0 atom stereocenters. The minimum absolute atomic E-state index is 0.0606. The van der Waals surface area contributed by atoms with Crippen LogP contribution < -0.4 is 5.73 Å². The van der Waals surface area contributed by atoms with Crippen LogP contribution in [0.4, 0.5) is 5.82 Å². The lowest BCUT2D eigenvalue weighted by Crippen LogP contribution is -2.14. The summed E-state index contributed by atoms with van der Waals surface area (Å²) in [5, 5.41) is 7.17. The third kappa shape index (κ3) is 7.87. The lowest BCUT2D eigenvalue weighted by Gasteiger charge is -2.12. The van der Waals surface area contributed by atoms with Gasteiger partial charge >= 0.3 is 0 Å². The van der Waals surface area contributed by atoms with Crippen LogP contribution in [0.1, 0.15) is 80.7 Å². The molecule has 0 spiro atoms. The van der Waals surface area contributed by atoms with Crippen LogP contribution in [0.3, 0.4) is 0 Å². The molecule has 0 saturated heterocycles. The fraction of sp³-hybridized carbons (Fsp3) is 0.444. The van der Waals surface area contributed by atoms with Gasteiger partial charge in [0.25, 0.3) is 0 Å². The van der Waals surface area contributed by atoms with E-state index in [0.717, 1.165) is 51.2 Å². The number of thiazole rings is 1. The molecule has 0 fully saturated rings. The van der Waals surface area contributed by atoms with Crippen LogP contribution in [0.25, 0.3) is 10.6 Å². The first-order valence-electron chi connectivity index (χ1n) is 12.7. The summed E-state index contributed by atoms with van der Waals surface area (Å²) in [6.45, 7) is 6.29. The molecule has 2 N–H and O–H groups in total.